The molecule has 1 aromatic rings. The average Bonchev–Trinajstić information content (AvgIpc) is 3.32. The highest BCUT2D eigenvalue weighted by atomic mass is 16.5. The third-order valence-electron chi connectivity index (χ3n) is 15.3. The lowest BCUT2D eigenvalue weighted by atomic mass is 9.32. The van der Waals surface area contributed by atoms with Gasteiger partial charge in [0.2, 0.25) is 0 Å². The Kier molecular flexibility index (Phi) is 7.69. The number of fused-ring (bicyclic) bond motifs is 7. The quantitative estimate of drug-likeness (QED) is 0.207. The van der Waals surface area contributed by atoms with Crippen LogP contribution in [-0.4, -0.2) is 24.3 Å². The van der Waals surface area contributed by atoms with E-state index in [1.54, 1.807) is 24.3 Å². The van der Waals surface area contributed by atoms with Gasteiger partial charge in [0, 0.05) is 11.5 Å². The molecule has 0 heterocycles. The van der Waals surface area contributed by atoms with E-state index in [4.69, 9.17) is 9.47 Å². The molecule has 0 aromatic heterocycles. The first kappa shape index (κ1) is 31.7. The van der Waals surface area contributed by atoms with E-state index in [-0.39, 0.29) is 28.7 Å². The van der Waals surface area contributed by atoms with Crippen molar-refractivity contribution in [3.8, 4) is 11.5 Å². The number of ether oxygens (including phenoxy) is 2. The summed E-state index contributed by atoms with van der Waals surface area (Å²) in [5.41, 5.74) is 3.61. The maximum atomic E-state index is 13.1. The zero-order chi connectivity index (χ0) is 31.9. The van der Waals surface area contributed by atoms with Crippen molar-refractivity contribution in [3.63, 3.8) is 0 Å². The van der Waals surface area contributed by atoms with Gasteiger partial charge >= 0.3 is 5.97 Å². The minimum absolute atomic E-state index is 0.0843. The lowest BCUT2D eigenvalue weighted by molar-refractivity contribution is -0.248. The van der Waals surface area contributed by atoms with Gasteiger partial charge in [-0.05, 0) is 146 Å². The predicted molar refractivity (Wildman–Crippen MR) is 178 cm³/mol. The summed E-state index contributed by atoms with van der Waals surface area (Å²) in [6.07, 6.45) is 16.0. The number of hydrogen-bond acceptors (Lipinski definition) is 4. The lowest BCUT2D eigenvalue weighted by Gasteiger charge is -2.73. The molecule has 5 saturated carbocycles. The zero-order valence-electron chi connectivity index (χ0n) is 28.8. The number of methoxy groups -OCH3 is 1. The fourth-order valence-electron chi connectivity index (χ4n) is 12.8. The number of phenols is 1. The Bertz CT molecular complexity index is 1340. The van der Waals surface area contributed by atoms with Gasteiger partial charge in [-0.2, -0.15) is 0 Å². The smallest absolute Gasteiger partial charge is 0.331 e. The van der Waals surface area contributed by atoms with Crippen LogP contribution in [0.25, 0.3) is 6.08 Å². The molecule has 4 nitrogen and oxygen atoms in total. The standard InChI is InChI=1S/C40H58O4/c1-25(2)27-16-19-37(5)22-23-39(7)28(35(27)37)12-14-32-38(6)20-18-33(36(3,4)31(38)17-21-40(32,39)8)44-34(42)15-11-26-10-13-29(41)30(24-26)43-9/h10-11,13,15,24,27-28,31-33,35,41H,1,12,14,16-23H2,2-9H3/b15-11+/t27-,28+,31-,32+,33-,35+,37+,38-,39+,40+/m1/s1. The van der Waals surface area contributed by atoms with Gasteiger partial charge in [0.1, 0.15) is 6.10 Å². The van der Waals surface area contributed by atoms with Crippen LogP contribution in [0, 0.1) is 56.7 Å². The summed E-state index contributed by atoms with van der Waals surface area (Å²) in [4.78, 5) is 13.1. The van der Waals surface area contributed by atoms with Crippen LogP contribution in [0.2, 0.25) is 0 Å². The highest BCUT2D eigenvalue weighted by Crippen LogP contribution is 2.77. The average molecular weight is 603 g/mol. The molecule has 4 heteroatoms. The number of allylic oxidation sites excluding steroid dienone is 1. The summed E-state index contributed by atoms with van der Waals surface area (Å²) in [5.74, 6) is 3.73. The molecule has 0 radical (unpaired) electrons. The maximum absolute atomic E-state index is 13.1. The number of phenolic OH excluding ortho intramolecular Hbond substituents is 1. The molecule has 0 spiro atoms. The van der Waals surface area contributed by atoms with E-state index in [0.717, 1.165) is 30.2 Å². The molecule has 5 aliphatic carbocycles. The first-order valence-electron chi connectivity index (χ1n) is 17.5. The molecule has 44 heavy (non-hydrogen) atoms. The molecule has 10 atom stereocenters. The van der Waals surface area contributed by atoms with Crippen molar-refractivity contribution < 1.29 is 19.4 Å². The summed E-state index contributed by atoms with van der Waals surface area (Å²) >= 11 is 0. The molecule has 0 bridgehead atoms. The number of hydrogen-bond donors (Lipinski definition) is 1. The number of aromatic hydroxyl groups is 1. The van der Waals surface area contributed by atoms with Gasteiger partial charge in [0.15, 0.2) is 11.5 Å². The van der Waals surface area contributed by atoms with Crippen LogP contribution in [0.4, 0.5) is 0 Å². The molecule has 0 aliphatic heterocycles. The monoisotopic (exact) mass is 602 g/mol. The van der Waals surface area contributed by atoms with Gasteiger partial charge in [-0.3, -0.25) is 0 Å². The van der Waals surface area contributed by atoms with Crippen LogP contribution in [0.15, 0.2) is 36.4 Å². The molecule has 0 amide bonds. The molecule has 1 N–H and O–H groups in total. The van der Waals surface area contributed by atoms with Crippen LogP contribution < -0.4 is 4.74 Å². The van der Waals surface area contributed by atoms with Crippen LogP contribution in [0.3, 0.4) is 0 Å². The second kappa shape index (κ2) is 10.7. The van der Waals surface area contributed by atoms with Gasteiger partial charge < -0.3 is 14.6 Å². The second-order valence-electron chi connectivity index (χ2n) is 17.4. The summed E-state index contributed by atoms with van der Waals surface area (Å²) in [7, 11) is 1.52. The summed E-state index contributed by atoms with van der Waals surface area (Å²) < 4.78 is 11.5. The maximum Gasteiger partial charge on any atom is 0.331 e. The molecule has 1 aromatic carbocycles. The van der Waals surface area contributed by atoms with Crippen molar-refractivity contribution in [1.82, 2.24) is 0 Å². The minimum atomic E-state index is -0.290. The van der Waals surface area contributed by atoms with E-state index in [1.807, 2.05) is 0 Å². The fourth-order valence-corrected chi connectivity index (χ4v) is 12.8. The van der Waals surface area contributed by atoms with E-state index in [9.17, 15) is 9.90 Å². The first-order chi connectivity index (χ1) is 20.6. The Morgan fingerprint density at radius 1 is 0.909 bits per heavy atom. The summed E-state index contributed by atoms with van der Waals surface area (Å²) in [6.45, 7) is 22.2. The SMILES string of the molecule is C=C(C)[C@H]1CC[C@@]2(C)CC[C@@]3(C)[C@@H](CC[C@H]4[C@]5(C)CC[C@@H](OC(=O)/C=C/c6ccc(O)c(OC)c6)C(C)(C)[C@H]5CC[C@@]43C)[C@H]12. The molecule has 5 fully saturated rings. The lowest BCUT2D eigenvalue weighted by Crippen LogP contribution is -2.66. The van der Waals surface area contributed by atoms with Gasteiger partial charge in [-0.1, -0.05) is 59.8 Å². The van der Waals surface area contributed by atoms with E-state index in [2.05, 4.69) is 55.0 Å². The van der Waals surface area contributed by atoms with Crippen LogP contribution in [0.1, 0.15) is 118 Å². The van der Waals surface area contributed by atoms with E-state index >= 15 is 0 Å². The van der Waals surface area contributed by atoms with E-state index < -0.39 is 0 Å². The molecule has 5 aliphatic rings. The van der Waals surface area contributed by atoms with Crippen molar-refractivity contribution >= 4 is 12.0 Å². The molecular weight excluding hydrogens is 544 g/mol. The highest BCUT2D eigenvalue weighted by Gasteiger charge is 2.70. The van der Waals surface area contributed by atoms with Crippen LogP contribution >= 0.6 is 0 Å². The van der Waals surface area contributed by atoms with Crippen molar-refractivity contribution in [2.45, 2.75) is 119 Å². The van der Waals surface area contributed by atoms with Gasteiger partial charge in [0.25, 0.3) is 0 Å². The second-order valence-corrected chi connectivity index (χ2v) is 17.4. The first-order valence-corrected chi connectivity index (χ1v) is 17.5. The Balaban J connectivity index is 1.21. The van der Waals surface area contributed by atoms with Gasteiger partial charge in [0.05, 0.1) is 7.11 Å². The third kappa shape index (κ3) is 4.54. The summed E-state index contributed by atoms with van der Waals surface area (Å²) in [5, 5.41) is 9.89. The van der Waals surface area contributed by atoms with Crippen LogP contribution in [0.5, 0.6) is 11.5 Å². The van der Waals surface area contributed by atoms with Crippen molar-refractivity contribution in [2.24, 2.45) is 56.7 Å². The Labute approximate surface area is 267 Å². The molecule has 6 rings (SSSR count). The largest absolute Gasteiger partial charge is 0.504 e. The Morgan fingerprint density at radius 3 is 2.36 bits per heavy atom. The van der Waals surface area contributed by atoms with Gasteiger partial charge in [-0.15, -0.1) is 0 Å². The van der Waals surface area contributed by atoms with E-state index in [1.165, 1.54) is 70.1 Å². The number of esters is 1. The summed E-state index contributed by atoms with van der Waals surface area (Å²) in [6, 6.07) is 5.07. The highest BCUT2D eigenvalue weighted by molar-refractivity contribution is 5.87. The molecule has 0 unspecified atom stereocenters. The Morgan fingerprint density at radius 2 is 1.66 bits per heavy atom. The molecule has 242 valence electrons. The minimum Gasteiger partial charge on any atom is -0.504 e. The zero-order valence-corrected chi connectivity index (χ0v) is 28.8. The van der Waals surface area contributed by atoms with Crippen LogP contribution in [-0.2, 0) is 9.53 Å². The fraction of sp³-hybridized carbons (Fsp3) is 0.725. The van der Waals surface area contributed by atoms with Crippen molar-refractivity contribution in [2.75, 3.05) is 7.11 Å². The third-order valence-corrected chi connectivity index (χ3v) is 15.3. The Hall–Kier alpha value is -2.23. The van der Waals surface area contributed by atoms with E-state index in [0.29, 0.717) is 39.7 Å². The van der Waals surface area contributed by atoms with Gasteiger partial charge in [-0.25, -0.2) is 4.79 Å². The number of benzene rings is 1. The topological polar surface area (TPSA) is 55.8 Å². The van der Waals surface area contributed by atoms with Crippen molar-refractivity contribution in [1.29, 1.82) is 0 Å². The van der Waals surface area contributed by atoms with Crippen molar-refractivity contribution in [3.05, 3.63) is 42.0 Å². The predicted octanol–water partition coefficient (Wildman–Crippen LogP) is 10.0. The number of carbonyl (C=O) groups is 1. The number of carbonyl (C=O) groups excluding carboxylic acids is 1. The normalized spacial score (nSPS) is 44.2. The number of rotatable bonds is 5. The molecule has 0 saturated heterocycles. The molecular formula is C40H58O4.